The van der Waals surface area contributed by atoms with Gasteiger partial charge in [0, 0.05) is 17.8 Å². The van der Waals surface area contributed by atoms with Crippen molar-refractivity contribution in [3.63, 3.8) is 0 Å². The number of ether oxygens (including phenoxy) is 6. The summed E-state index contributed by atoms with van der Waals surface area (Å²) in [5.41, 5.74) is 0. The van der Waals surface area contributed by atoms with Gasteiger partial charge in [0.2, 0.25) is 0 Å². The zero-order valence-electron chi connectivity index (χ0n) is 22.2. The molecule has 33 heavy (non-hydrogen) atoms. The lowest BCUT2D eigenvalue weighted by Gasteiger charge is -2.49. The molecule has 0 amide bonds. The molecule has 6 unspecified atom stereocenters. The highest BCUT2D eigenvalue weighted by atomic mass is 16.7. The van der Waals surface area contributed by atoms with E-state index in [1.54, 1.807) is 0 Å². The molecule has 9 saturated heterocycles. The normalized spacial score (nSPS) is 55.4. The molecule has 9 fully saturated rings. The van der Waals surface area contributed by atoms with Crippen molar-refractivity contribution in [2.75, 3.05) is 0 Å². The molecule has 9 aliphatic rings. The minimum atomic E-state index is -0.262. The maximum absolute atomic E-state index is 6.77. The van der Waals surface area contributed by atoms with Crippen LogP contribution in [-0.4, -0.2) is 55.5 Å². The molecule has 0 aliphatic carbocycles. The predicted octanol–water partition coefficient (Wildman–Crippen LogP) is 5.38. The van der Waals surface area contributed by atoms with E-state index in [1.165, 1.54) is 0 Å². The van der Waals surface area contributed by atoms with Gasteiger partial charge in [0.1, 0.15) is 0 Å². The maximum Gasteiger partial charge on any atom is 0.161 e. The molecule has 9 heterocycles. The molecule has 0 aromatic rings. The second-order valence-electron chi connectivity index (χ2n) is 11.3. The van der Waals surface area contributed by atoms with Crippen molar-refractivity contribution in [2.24, 2.45) is 35.5 Å². The molecular weight excluding hydrogens is 420 g/mol. The van der Waals surface area contributed by atoms with Gasteiger partial charge in [-0.05, 0) is 37.0 Å². The van der Waals surface area contributed by atoms with Crippen molar-refractivity contribution >= 4 is 0 Å². The van der Waals surface area contributed by atoms with E-state index in [9.17, 15) is 0 Å². The largest absolute Gasteiger partial charge is 0.346 e. The first-order valence-electron chi connectivity index (χ1n) is 13.6. The Labute approximate surface area is 201 Å². The first-order chi connectivity index (χ1) is 15.7. The van der Waals surface area contributed by atoms with Crippen molar-refractivity contribution in [3.8, 4) is 0 Å². The standard InChI is InChI=1S/C27H48O6/c1-10-19-22-13(4)16(7)25(28-19)32-23-15(6)18(9)27(30-20(23)11-2)33-24-14(5)17(8)26(31-22)29-21(24)12-3/h13-27H,10-12H2,1-9H3/t13-,14-,15-,16?,17?,18?,19?,20?,21?,22+,23+,24+,25-,26-,27+/m1/s1. The summed E-state index contributed by atoms with van der Waals surface area (Å²) >= 11 is 0. The minimum absolute atomic E-state index is 0.0171. The van der Waals surface area contributed by atoms with Gasteiger partial charge >= 0.3 is 0 Å². The third-order valence-corrected chi connectivity index (χ3v) is 9.44. The number of hydrogen-bond donors (Lipinski definition) is 0. The van der Waals surface area contributed by atoms with Crippen molar-refractivity contribution < 1.29 is 28.4 Å². The molecule has 9 aliphatic heterocycles. The summed E-state index contributed by atoms with van der Waals surface area (Å²) in [7, 11) is 0. The quantitative estimate of drug-likeness (QED) is 0.554. The van der Waals surface area contributed by atoms with Crippen LogP contribution in [0.4, 0.5) is 0 Å². The molecule has 6 bridgehead atoms. The average Bonchev–Trinajstić information content (AvgIpc) is 2.82. The van der Waals surface area contributed by atoms with Gasteiger partial charge in [0.15, 0.2) is 18.9 Å². The summed E-state index contributed by atoms with van der Waals surface area (Å²) in [6, 6.07) is 0. The molecule has 0 saturated carbocycles. The van der Waals surface area contributed by atoms with Gasteiger partial charge in [-0.3, -0.25) is 0 Å². The summed E-state index contributed by atoms with van der Waals surface area (Å²) in [6.45, 7) is 20.1. The lowest BCUT2D eigenvalue weighted by molar-refractivity contribution is -0.333. The van der Waals surface area contributed by atoms with Crippen LogP contribution >= 0.6 is 0 Å². The summed E-state index contributed by atoms with van der Waals surface area (Å²) in [5.74, 6) is 1.52. The second kappa shape index (κ2) is 10.4. The minimum Gasteiger partial charge on any atom is -0.346 e. The summed E-state index contributed by atoms with van der Waals surface area (Å²) in [5, 5.41) is 0. The monoisotopic (exact) mass is 468 g/mol. The molecule has 0 spiro atoms. The third-order valence-electron chi connectivity index (χ3n) is 9.44. The topological polar surface area (TPSA) is 55.4 Å². The maximum atomic E-state index is 6.77. The van der Waals surface area contributed by atoms with Gasteiger partial charge < -0.3 is 28.4 Å². The van der Waals surface area contributed by atoms with E-state index < -0.39 is 0 Å². The lowest BCUT2D eigenvalue weighted by atomic mass is 9.82. The Bertz CT molecular complexity index is 553. The Morgan fingerprint density at radius 3 is 0.818 bits per heavy atom. The van der Waals surface area contributed by atoms with E-state index in [0.29, 0.717) is 17.8 Å². The molecule has 192 valence electrons. The lowest BCUT2D eigenvalue weighted by Crippen LogP contribution is -2.56. The Hall–Kier alpha value is -0.240. The van der Waals surface area contributed by atoms with E-state index in [1.807, 2.05) is 0 Å². The molecule has 9 rings (SSSR count). The van der Waals surface area contributed by atoms with Crippen molar-refractivity contribution in [3.05, 3.63) is 0 Å². The smallest absolute Gasteiger partial charge is 0.161 e. The van der Waals surface area contributed by atoms with E-state index >= 15 is 0 Å². The van der Waals surface area contributed by atoms with Crippen LogP contribution in [0.2, 0.25) is 0 Å². The van der Waals surface area contributed by atoms with Crippen LogP contribution in [0.1, 0.15) is 81.6 Å². The van der Waals surface area contributed by atoms with Gasteiger partial charge in [-0.2, -0.15) is 0 Å². The molecule has 0 aromatic heterocycles. The van der Waals surface area contributed by atoms with Gasteiger partial charge in [-0.15, -0.1) is 0 Å². The molecule has 0 N–H and O–H groups in total. The summed E-state index contributed by atoms with van der Waals surface area (Å²) in [6.07, 6.45) is 1.76. The van der Waals surface area contributed by atoms with Crippen LogP contribution in [0, 0.1) is 35.5 Å². The SMILES string of the molecule is CCC1O[C@@H]2O[C@@H]3C(CC)O[C@@H](O[C@@H]4C(CC)O[C@H](O[C@H]1[C@H](C)C2C)C(C)[C@H]4C)C(C)[C@H]3C. The first-order valence-corrected chi connectivity index (χ1v) is 13.6. The summed E-state index contributed by atoms with van der Waals surface area (Å²) in [4.78, 5) is 0. The highest BCUT2D eigenvalue weighted by molar-refractivity contribution is 4.94. The van der Waals surface area contributed by atoms with Crippen molar-refractivity contribution in [1.29, 1.82) is 0 Å². The highest BCUT2D eigenvalue weighted by Gasteiger charge is 2.52. The molecule has 6 nitrogen and oxygen atoms in total. The molecule has 6 heteroatoms. The first kappa shape index (κ1) is 25.8. The average molecular weight is 469 g/mol. The van der Waals surface area contributed by atoms with Crippen LogP contribution in [-0.2, 0) is 28.4 Å². The zero-order chi connectivity index (χ0) is 24.0. The Kier molecular flexibility index (Phi) is 8.14. The van der Waals surface area contributed by atoms with Crippen LogP contribution < -0.4 is 0 Å². The second-order valence-corrected chi connectivity index (χ2v) is 11.3. The fourth-order valence-electron chi connectivity index (χ4n) is 6.33. The van der Waals surface area contributed by atoms with E-state index in [2.05, 4.69) is 62.3 Å². The van der Waals surface area contributed by atoms with E-state index in [-0.39, 0.29) is 73.2 Å². The van der Waals surface area contributed by atoms with Crippen LogP contribution in [0.5, 0.6) is 0 Å². The van der Waals surface area contributed by atoms with Crippen molar-refractivity contribution in [1.82, 2.24) is 0 Å². The Balaban J connectivity index is 1.75. The van der Waals surface area contributed by atoms with Gasteiger partial charge in [-0.1, -0.05) is 62.3 Å². The molecule has 15 atom stereocenters. The Morgan fingerprint density at radius 1 is 0.364 bits per heavy atom. The highest BCUT2D eigenvalue weighted by Crippen LogP contribution is 2.44. The fourth-order valence-corrected chi connectivity index (χ4v) is 6.33. The van der Waals surface area contributed by atoms with Crippen LogP contribution in [0.3, 0.4) is 0 Å². The van der Waals surface area contributed by atoms with Crippen LogP contribution in [0.25, 0.3) is 0 Å². The number of hydrogen-bond acceptors (Lipinski definition) is 6. The van der Waals surface area contributed by atoms with Gasteiger partial charge in [-0.25, -0.2) is 0 Å². The number of rotatable bonds is 3. The summed E-state index contributed by atoms with van der Waals surface area (Å²) < 4.78 is 40.1. The molecule has 0 aromatic carbocycles. The van der Waals surface area contributed by atoms with E-state index in [0.717, 1.165) is 19.3 Å². The van der Waals surface area contributed by atoms with Crippen LogP contribution in [0.15, 0.2) is 0 Å². The fraction of sp³-hybridized carbons (Fsp3) is 1.00. The molecular formula is C27H48O6. The third kappa shape index (κ3) is 4.65. The van der Waals surface area contributed by atoms with Gasteiger partial charge in [0.25, 0.3) is 0 Å². The van der Waals surface area contributed by atoms with Gasteiger partial charge in [0.05, 0.1) is 36.6 Å². The van der Waals surface area contributed by atoms with Crippen molar-refractivity contribution in [2.45, 2.75) is 137 Å². The molecule has 0 radical (unpaired) electrons. The Morgan fingerprint density at radius 2 is 0.606 bits per heavy atom. The van der Waals surface area contributed by atoms with E-state index in [4.69, 9.17) is 28.4 Å². The zero-order valence-corrected chi connectivity index (χ0v) is 22.2. The predicted molar refractivity (Wildman–Crippen MR) is 126 cm³/mol.